The third-order valence-corrected chi connectivity index (χ3v) is 4.64. The monoisotopic (exact) mass is 283 g/mol. The Hall–Kier alpha value is -1.17. The molecule has 1 aromatic heterocycles. The van der Waals surface area contributed by atoms with Gasteiger partial charge in [0.05, 0.1) is 13.0 Å². The molecule has 2 atom stereocenters. The van der Waals surface area contributed by atoms with Gasteiger partial charge >= 0.3 is 5.97 Å². The maximum atomic E-state index is 11.5. The number of carbonyl (C=O) groups is 1. The minimum absolute atomic E-state index is 0.0255. The van der Waals surface area contributed by atoms with Gasteiger partial charge in [-0.05, 0) is 19.3 Å². The fourth-order valence-electron chi connectivity index (χ4n) is 2.25. The Bertz CT molecular complexity index is 453. The molecule has 0 aliphatic heterocycles. The molecule has 1 aliphatic rings. The number of esters is 1. The molecule has 5 nitrogen and oxygen atoms in total. The highest BCUT2D eigenvalue weighted by atomic mass is 32.1. The van der Waals surface area contributed by atoms with Crippen molar-refractivity contribution in [3.05, 3.63) is 5.01 Å². The zero-order valence-electron chi connectivity index (χ0n) is 11.9. The molecule has 0 saturated heterocycles. The van der Waals surface area contributed by atoms with Crippen LogP contribution >= 0.6 is 11.3 Å². The Balaban J connectivity index is 1.92. The Kier molecular flexibility index (Phi) is 4.08. The van der Waals surface area contributed by atoms with Crippen molar-refractivity contribution >= 4 is 22.4 Å². The first-order chi connectivity index (χ1) is 8.90. The van der Waals surface area contributed by atoms with E-state index in [0.717, 1.165) is 29.4 Å². The number of nitrogens with zero attached hydrogens (tertiary/aromatic N) is 2. The Labute approximate surface area is 117 Å². The molecule has 0 aromatic carbocycles. The quantitative estimate of drug-likeness (QED) is 0.864. The van der Waals surface area contributed by atoms with E-state index in [1.165, 1.54) is 7.11 Å². The molecule has 6 heteroatoms. The van der Waals surface area contributed by atoms with Crippen molar-refractivity contribution in [3.8, 4) is 0 Å². The van der Waals surface area contributed by atoms with Crippen LogP contribution in [0.3, 0.4) is 0 Å². The van der Waals surface area contributed by atoms with E-state index in [4.69, 9.17) is 4.74 Å². The third-order valence-electron chi connectivity index (χ3n) is 3.36. The summed E-state index contributed by atoms with van der Waals surface area (Å²) in [5, 5.41) is 13.6. The molecule has 0 radical (unpaired) electrons. The number of hydrogen-bond donors (Lipinski definition) is 1. The summed E-state index contributed by atoms with van der Waals surface area (Å²) < 4.78 is 4.79. The van der Waals surface area contributed by atoms with Gasteiger partial charge in [0, 0.05) is 11.5 Å². The van der Waals surface area contributed by atoms with Gasteiger partial charge in [-0.1, -0.05) is 32.1 Å². The molecule has 0 amide bonds. The summed E-state index contributed by atoms with van der Waals surface area (Å²) >= 11 is 1.59. The molecule has 1 fully saturated rings. The fourth-order valence-corrected chi connectivity index (χ4v) is 3.13. The van der Waals surface area contributed by atoms with E-state index in [9.17, 15) is 4.79 Å². The highest BCUT2D eigenvalue weighted by molar-refractivity contribution is 7.15. The van der Waals surface area contributed by atoms with Gasteiger partial charge in [-0.2, -0.15) is 0 Å². The topological polar surface area (TPSA) is 64.1 Å². The maximum Gasteiger partial charge on any atom is 0.308 e. The van der Waals surface area contributed by atoms with Crippen molar-refractivity contribution in [1.82, 2.24) is 10.2 Å². The van der Waals surface area contributed by atoms with Crippen molar-refractivity contribution in [2.75, 3.05) is 12.4 Å². The van der Waals surface area contributed by atoms with E-state index >= 15 is 0 Å². The summed E-state index contributed by atoms with van der Waals surface area (Å²) in [6, 6.07) is 0.296. The maximum absolute atomic E-state index is 11.5. The lowest BCUT2D eigenvalue weighted by Gasteiger charge is -2.13. The van der Waals surface area contributed by atoms with Crippen LogP contribution in [0.25, 0.3) is 0 Å². The average molecular weight is 283 g/mol. The number of carbonyl (C=O) groups excluding carboxylic acids is 1. The smallest absolute Gasteiger partial charge is 0.308 e. The molecule has 1 aromatic rings. The average Bonchev–Trinajstić information content (AvgIpc) is 2.97. The number of rotatable bonds is 3. The summed E-state index contributed by atoms with van der Waals surface area (Å²) in [4.78, 5) is 11.5. The SMILES string of the molecule is COC(=O)[C@H]1CC[C@@H](Nc2nnc(C(C)(C)C)s2)C1. The lowest BCUT2D eigenvalue weighted by molar-refractivity contribution is -0.145. The van der Waals surface area contributed by atoms with Crippen LogP contribution in [0.1, 0.15) is 45.0 Å². The Morgan fingerprint density at radius 1 is 1.37 bits per heavy atom. The predicted molar refractivity (Wildman–Crippen MR) is 75.4 cm³/mol. The zero-order valence-corrected chi connectivity index (χ0v) is 12.7. The van der Waals surface area contributed by atoms with Crippen molar-refractivity contribution < 1.29 is 9.53 Å². The van der Waals surface area contributed by atoms with E-state index < -0.39 is 0 Å². The van der Waals surface area contributed by atoms with Crippen molar-refractivity contribution in [1.29, 1.82) is 0 Å². The summed E-state index contributed by atoms with van der Waals surface area (Å²) in [7, 11) is 1.45. The number of aromatic nitrogens is 2. The second-order valence-electron chi connectivity index (χ2n) is 6.04. The number of hydrogen-bond acceptors (Lipinski definition) is 6. The number of ether oxygens (including phenoxy) is 1. The lowest BCUT2D eigenvalue weighted by atomic mass is 9.98. The number of anilines is 1. The van der Waals surface area contributed by atoms with Crippen LogP contribution < -0.4 is 5.32 Å². The van der Waals surface area contributed by atoms with E-state index in [0.29, 0.717) is 6.04 Å². The molecule has 2 rings (SSSR count). The molecule has 106 valence electrons. The van der Waals surface area contributed by atoms with Crippen LogP contribution in [-0.2, 0) is 14.9 Å². The van der Waals surface area contributed by atoms with Gasteiger partial charge in [-0.3, -0.25) is 4.79 Å². The van der Waals surface area contributed by atoms with E-state index in [1.54, 1.807) is 11.3 Å². The van der Waals surface area contributed by atoms with Crippen LogP contribution in [0.4, 0.5) is 5.13 Å². The summed E-state index contributed by atoms with van der Waals surface area (Å²) in [5.41, 5.74) is 0.0296. The van der Waals surface area contributed by atoms with Crippen molar-refractivity contribution in [2.24, 2.45) is 5.92 Å². The fraction of sp³-hybridized carbons (Fsp3) is 0.769. The first kappa shape index (κ1) is 14.2. The van der Waals surface area contributed by atoms with Gasteiger partial charge < -0.3 is 10.1 Å². The second kappa shape index (κ2) is 5.45. The van der Waals surface area contributed by atoms with Crippen LogP contribution in [0, 0.1) is 5.92 Å². The highest BCUT2D eigenvalue weighted by Crippen LogP contribution is 2.32. The first-order valence-electron chi connectivity index (χ1n) is 6.58. The molecule has 0 spiro atoms. The molecule has 0 bridgehead atoms. The molecule has 1 N–H and O–H groups in total. The Morgan fingerprint density at radius 3 is 2.68 bits per heavy atom. The highest BCUT2D eigenvalue weighted by Gasteiger charge is 2.31. The van der Waals surface area contributed by atoms with Gasteiger partial charge in [0.25, 0.3) is 0 Å². The van der Waals surface area contributed by atoms with Gasteiger partial charge in [0.1, 0.15) is 5.01 Å². The van der Waals surface area contributed by atoms with Crippen LogP contribution in [-0.4, -0.2) is 29.3 Å². The molecule has 1 saturated carbocycles. The lowest BCUT2D eigenvalue weighted by Crippen LogP contribution is -2.18. The first-order valence-corrected chi connectivity index (χ1v) is 7.40. The van der Waals surface area contributed by atoms with Crippen LogP contribution in [0.5, 0.6) is 0 Å². The summed E-state index contributed by atoms with van der Waals surface area (Å²) in [5.74, 6) is -0.0746. The predicted octanol–water partition coefficient (Wildman–Crippen LogP) is 2.59. The molecule has 0 unspecified atom stereocenters. The molecule has 19 heavy (non-hydrogen) atoms. The normalized spacial score (nSPS) is 23.4. The van der Waals surface area contributed by atoms with Gasteiger partial charge in [0.2, 0.25) is 5.13 Å². The van der Waals surface area contributed by atoms with Gasteiger partial charge in [-0.15, -0.1) is 10.2 Å². The molecule has 1 aliphatic carbocycles. The van der Waals surface area contributed by atoms with Crippen molar-refractivity contribution in [3.63, 3.8) is 0 Å². The number of methoxy groups -OCH3 is 1. The minimum Gasteiger partial charge on any atom is -0.469 e. The van der Waals surface area contributed by atoms with Gasteiger partial charge in [0.15, 0.2) is 0 Å². The zero-order chi connectivity index (χ0) is 14.0. The van der Waals surface area contributed by atoms with Crippen LogP contribution in [0.15, 0.2) is 0 Å². The summed E-state index contributed by atoms with van der Waals surface area (Å²) in [6.07, 6.45) is 2.68. The van der Waals surface area contributed by atoms with E-state index in [-0.39, 0.29) is 17.3 Å². The Morgan fingerprint density at radius 2 is 2.11 bits per heavy atom. The van der Waals surface area contributed by atoms with E-state index in [1.807, 2.05) is 0 Å². The van der Waals surface area contributed by atoms with E-state index in [2.05, 4.69) is 36.3 Å². The van der Waals surface area contributed by atoms with Crippen molar-refractivity contribution in [2.45, 2.75) is 51.5 Å². The molecule has 1 heterocycles. The number of nitrogens with one attached hydrogen (secondary N) is 1. The largest absolute Gasteiger partial charge is 0.469 e. The molecular formula is C13H21N3O2S. The van der Waals surface area contributed by atoms with Crippen LogP contribution in [0.2, 0.25) is 0 Å². The van der Waals surface area contributed by atoms with Gasteiger partial charge in [-0.25, -0.2) is 0 Å². The standard InChI is InChI=1S/C13H21N3O2S/c1-13(2,3)11-15-16-12(19-11)14-9-6-5-8(7-9)10(17)18-4/h8-9H,5-7H2,1-4H3,(H,14,16)/t8-,9+/m0/s1. The summed E-state index contributed by atoms with van der Waals surface area (Å²) in [6.45, 7) is 6.38. The third kappa shape index (κ3) is 3.43. The minimum atomic E-state index is -0.100. The second-order valence-corrected chi connectivity index (χ2v) is 7.01. The molecular weight excluding hydrogens is 262 g/mol.